The Morgan fingerprint density at radius 1 is 1.10 bits per heavy atom. The monoisotopic (exact) mass is 290 g/mol. The summed E-state index contributed by atoms with van der Waals surface area (Å²) < 4.78 is 10.1. The second-order valence-corrected chi connectivity index (χ2v) is 4.89. The van der Waals surface area contributed by atoms with Gasteiger partial charge in [-0.05, 0) is 30.5 Å². The van der Waals surface area contributed by atoms with Crippen LogP contribution in [-0.4, -0.2) is 18.2 Å². The first-order chi connectivity index (χ1) is 9.93. The molecule has 0 atom stereocenters. The van der Waals surface area contributed by atoms with Gasteiger partial charge < -0.3 is 9.47 Å². The van der Waals surface area contributed by atoms with Crippen LogP contribution in [0.3, 0.4) is 0 Å². The second kappa shape index (κ2) is 8.25. The summed E-state index contributed by atoms with van der Waals surface area (Å²) in [5.41, 5.74) is 2.92. The van der Waals surface area contributed by atoms with Crippen LogP contribution in [0.1, 0.15) is 45.2 Å². The van der Waals surface area contributed by atoms with Crippen molar-refractivity contribution >= 4 is 18.0 Å². The number of ether oxygens (including phenoxy) is 2. The summed E-state index contributed by atoms with van der Waals surface area (Å²) in [6.07, 6.45) is 2.92. The lowest BCUT2D eigenvalue weighted by Crippen LogP contribution is -2.23. The Hall–Kier alpha value is -2.10. The molecule has 0 saturated heterocycles. The SMILES string of the molecule is CCCc1ccccc1C=C(C)C(OC(C)=O)OC(C)=O. The minimum absolute atomic E-state index is 0.490. The van der Waals surface area contributed by atoms with E-state index in [1.165, 1.54) is 19.4 Å². The van der Waals surface area contributed by atoms with Crippen molar-refractivity contribution in [3.63, 3.8) is 0 Å². The number of benzene rings is 1. The molecule has 0 radical (unpaired) electrons. The van der Waals surface area contributed by atoms with Crippen LogP contribution in [0.15, 0.2) is 29.8 Å². The molecule has 4 nitrogen and oxygen atoms in total. The first kappa shape index (κ1) is 17.0. The van der Waals surface area contributed by atoms with Gasteiger partial charge in [0.05, 0.1) is 0 Å². The average Bonchev–Trinajstić information content (AvgIpc) is 2.39. The standard InChI is InChI=1S/C17H22O4/c1-5-8-15-9-6-7-10-16(15)11-12(2)17(20-13(3)18)21-14(4)19/h6-7,9-11,17H,5,8H2,1-4H3. The highest BCUT2D eigenvalue weighted by atomic mass is 16.7. The first-order valence-corrected chi connectivity index (χ1v) is 7.04. The highest BCUT2D eigenvalue weighted by molar-refractivity contribution is 5.69. The van der Waals surface area contributed by atoms with E-state index in [9.17, 15) is 9.59 Å². The van der Waals surface area contributed by atoms with Gasteiger partial charge in [-0.15, -0.1) is 0 Å². The van der Waals surface area contributed by atoms with Crippen molar-refractivity contribution in [2.45, 2.75) is 46.8 Å². The summed E-state index contributed by atoms with van der Waals surface area (Å²) in [6.45, 7) is 6.47. The summed E-state index contributed by atoms with van der Waals surface area (Å²) in [7, 11) is 0. The van der Waals surface area contributed by atoms with Gasteiger partial charge in [0.2, 0.25) is 0 Å². The number of hydrogen-bond donors (Lipinski definition) is 0. The molecule has 0 fully saturated rings. The minimum Gasteiger partial charge on any atom is -0.421 e. The third-order valence-corrected chi connectivity index (χ3v) is 2.88. The third-order valence-electron chi connectivity index (χ3n) is 2.88. The fraction of sp³-hybridized carbons (Fsp3) is 0.412. The van der Waals surface area contributed by atoms with Crippen LogP contribution >= 0.6 is 0 Å². The quantitative estimate of drug-likeness (QED) is 0.594. The van der Waals surface area contributed by atoms with Crippen LogP contribution in [0.5, 0.6) is 0 Å². The predicted molar refractivity (Wildman–Crippen MR) is 81.4 cm³/mol. The van der Waals surface area contributed by atoms with Crippen molar-refractivity contribution in [1.82, 2.24) is 0 Å². The van der Waals surface area contributed by atoms with Gasteiger partial charge in [0.25, 0.3) is 6.29 Å². The normalized spacial score (nSPS) is 11.4. The largest absolute Gasteiger partial charge is 0.421 e. The summed E-state index contributed by atoms with van der Waals surface area (Å²) in [6, 6.07) is 8.00. The lowest BCUT2D eigenvalue weighted by Gasteiger charge is -2.17. The van der Waals surface area contributed by atoms with E-state index in [4.69, 9.17) is 9.47 Å². The third kappa shape index (κ3) is 5.81. The maximum Gasteiger partial charge on any atom is 0.305 e. The Balaban J connectivity index is 3.03. The van der Waals surface area contributed by atoms with Crippen molar-refractivity contribution in [2.75, 3.05) is 0 Å². The Morgan fingerprint density at radius 2 is 1.67 bits per heavy atom. The van der Waals surface area contributed by atoms with E-state index in [1.54, 1.807) is 6.92 Å². The summed E-state index contributed by atoms with van der Waals surface area (Å²) >= 11 is 0. The van der Waals surface area contributed by atoms with Gasteiger partial charge in [0.15, 0.2) is 0 Å². The molecule has 21 heavy (non-hydrogen) atoms. The Morgan fingerprint density at radius 3 is 2.19 bits per heavy atom. The Bertz CT molecular complexity index is 515. The van der Waals surface area contributed by atoms with Crippen LogP contribution in [-0.2, 0) is 25.5 Å². The molecule has 114 valence electrons. The van der Waals surface area contributed by atoms with Gasteiger partial charge in [-0.1, -0.05) is 37.6 Å². The second-order valence-electron chi connectivity index (χ2n) is 4.89. The van der Waals surface area contributed by atoms with Crippen LogP contribution in [0.2, 0.25) is 0 Å². The highest BCUT2D eigenvalue weighted by Gasteiger charge is 2.17. The lowest BCUT2D eigenvalue weighted by atomic mass is 10.0. The molecule has 0 heterocycles. The molecule has 0 aromatic heterocycles. The fourth-order valence-electron chi connectivity index (χ4n) is 2.00. The van der Waals surface area contributed by atoms with E-state index in [0.29, 0.717) is 5.57 Å². The Labute approximate surface area is 125 Å². The maximum atomic E-state index is 11.1. The molecule has 0 amide bonds. The minimum atomic E-state index is -0.977. The van der Waals surface area contributed by atoms with E-state index in [0.717, 1.165) is 18.4 Å². The van der Waals surface area contributed by atoms with Crippen molar-refractivity contribution in [3.8, 4) is 0 Å². The Kier molecular flexibility index (Phi) is 6.66. The van der Waals surface area contributed by atoms with Gasteiger partial charge in [-0.25, -0.2) is 0 Å². The molecule has 0 aliphatic carbocycles. The van der Waals surface area contributed by atoms with Crippen molar-refractivity contribution in [1.29, 1.82) is 0 Å². The molecule has 1 rings (SSSR count). The summed E-state index contributed by atoms with van der Waals surface area (Å²) in [4.78, 5) is 22.2. The highest BCUT2D eigenvalue weighted by Crippen LogP contribution is 2.18. The zero-order valence-corrected chi connectivity index (χ0v) is 13.0. The number of hydrogen-bond acceptors (Lipinski definition) is 4. The number of rotatable bonds is 6. The van der Waals surface area contributed by atoms with Crippen LogP contribution in [0, 0.1) is 0 Å². The van der Waals surface area contributed by atoms with E-state index in [-0.39, 0.29) is 0 Å². The molecule has 0 unspecified atom stereocenters. The molecule has 0 bridgehead atoms. The van der Waals surface area contributed by atoms with Gasteiger partial charge in [-0.3, -0.25) is 9.59 Å². The van der Waals surface area contributed by atoms with Gasteiger partial charge in [0.1, 0.15) is 0 Å². The zero-order valence-electron chi connectivity index (χ0n) is 13.0. The number of carbonyl (C=O) groups excluding carboxylic acids is 2. The molecule has 0 aliphatic rings. The first-order valence-electron chi connectivity index (χ1n) is 7.04. The van der Waals surface area contributed by atoms with E-state index in [1.807, 2.05) is 24.3 Å². The number of esters is 2. The van der Waals surface area contributed by atoms with Crippen molar-refractivity contribution in [2.24, 2.45) is 0 Å². The topological polar surface area (TPSA) is 52.6 Å². The predicted octanol–water partition coefficient (Wildman–Crippen LogP) is 3.49. The van der Waals surface area contributed by atoms with Gasteiger partial charge >= 0.3 is 11.9 Å². The molecule has 0 N–H and O–H groups in total. The van der Waals surface area contributed by atoms with Gasteiger partial charge in [0, 0.05) is 19.4 Å². The average molecular weight is 290 g/mol. The molecule has 4 heteroatoms. The van der Waals surface area contributed by atoms with Crippen molar-refractivity contribution < 1.29 is 19.1 Å². The molecule has 0 spiro atoms. The zero-order chi connectivity index (χ0) is 15.8. The van der Waals surface area contributed by atoms with Crippen LogP contribution < -0.4 is 0 Å². The summed E-state index contributed by atoms with van der Waals surface area (Å²) in [5, 5.41) is 0. The van der Waals surface area contributed by atoms with Crippen molar-refractivity contribution in [3.05, 3.63) is 41.0 Å². The molecule has 1 aromatic rings. The van der Waals surface area contributed by atoms with Crippen LogP contribution in [0.4, 0.5) is 0 Å². The van der Waals surface area contributed by atoms with E-state index in [2.05, 4.69) is 13.0 Å². The van der Waals surface area contributed by atoms with E-state index >= 15 is 0 Å². The summed E-state index contributed by atoms with van der Waals surface area (Å²) in [5.74, 6) is -0.980. The number of aryl methyl sites for hydroxylation is 1. The number of carbonyl (C=O) groups is 2. The van der Waals surface area contributed by atoms with Gasteiger partial charge in [-0.2, -0.15) is 0 Å². The molecule has 0 saturated carbocycles. The molecular formula is C17H22O4. The van der Waals surface area contributed by atoms with Crippen LogP contribution in [0.25, 0.3) is 6.08 Å². The fourth-order valence-corrected chi connectivity index (χ4v) is 2.00. The maximum absolute atomic E-state index is 11.1. The molecule has 0 aliphatic heterocycles. The smallest absolute Gasteiger partial charge is 0.305 e. The van der Waals surface area contributed by atoms with E-state index < -0.39 is 18.2 Å². The molecular weight excluding hydrogens is 268 g/mol. The lowest BCUT2D eigenvalue weighted by molar-refractivity contribution is -0.177. The molecule has 1 aromatic carbocycles.